The monoisotopic (exact) mass is 286 g/mol. The van der Waals surface area contributed by atoms with Crippen LogP contribution in [0.5, 0.6) is 0 Å². The van der Waals surface area contributed by atoms with Crippen LogP contribution >= 0.6 is 11.8 Å². The lowest BCUT2D eigenvalue weighted by molar-refractivity contribution is 0.543. The zero-order chi connectivity index (χ0) is 13.0. The van der Waals surface area contributed by atoms with Gasteiger partial charge in [-0.3, -0.25) is 0 Å². The number of sulfonamides is 1. The summed E-state index contributed by atoms with van der Waals surface area (Å²) in [6.07, 6.45) is 2.00. The fourth-order valence-corrected chi connectivity index (χ4v) is 4.37. The molecule has 0 saturated carbocycles. The first-order valence-corrected chi connectivity index (χ1v) is 8.65. The van der Waals surface area contributed by atoms with Gasteiger partial charge in [-0.1, -0.05) is 12.1 Å². The maximum Gasteiger partial charge on any atom is 0.240 e. The van der Waals surface area contributed by atoms with E-state index < -0.39 is 10.0 Å². The molecule has 1 unspecified atom stereocenters. The van der Waals surface area contributed by atoms with E-state index in [1.807, 2.05) is 0 Å². The quantitative estimate of drug-likeness (QED) is 0.875. The van der Waals surface area contributed by atoms with E-state index in [2.05, 4.69) is 4.72 Å². The fourth-order valence-electron chi connectivity index (χ4n) is 1.93. The van der Waals surface area contributed by atoms with Crippen molar-refractivity contribution in [2.24, 2.45) is 5.73 Å². The second-order valence-corrected chi connectivity index (χ2v) is 7.25. The van der Waals surface area contributed by atoms with Crippen LogP contribution in [0.25, 0.3) is 0 Å². The molecule has 2 rings (SSSR count). The standard InChI is InChI=1S/C12H18N2O2S2/c13-8-10-3-5-12(6-4-10)18(15,16)14-11-2-1-7-17-9-11/h3-6,11,14H,1-2,7-9,13H2. The molecule has 0 radical (unpaired) electrons. The molecule has 1 heterocycles. The van der Waals surface area contributed by atoms with Crippen LogP contribution in [-0.2, 0) is 16.6 Å². The molecule has 0 aromatic heterocycles. The summed E-state index contributed by atoms with van der Waals surface area (Å²) in [6.45, 7) is 0.424. The molecule has 0 spiro atoms. The minimum absolute atomic E-state index is 0.0583. The number of thioether (sulfide) groups is 1. The summed E-state index contributed by atoms with van der Waals surface area (Å²) in [6, 6.07) is 6.79. The molecular formula is C12H18N2O2S2. The van der Waals surface area contributed by atoms with E-state index >= 15 is 0 Å². The average Bonchev–Trinajstić information content (AvgIpc) is 2.39. The van der Waals surface area contributed by atoms with Gasteiger partial charge in [-0.25, -0.2) is 13.1 Å². The fraction of sp³-hybridized carbons (Fsp3) is 0.500. The molecule has 0 aliphatic carbocycles. The molecular weight excluding hydrogens is 268 g/mol. The van der Waals surface area contributed by atoms with Crippen molar-refractivity contribution >= 4 is 21.8 Å². The number of hydrogen-bond acceptors (Lipinski definition) is 4. The van der Waals surface area contributed by atoms with E-state index in [1.165, 1.54) is 0 Å². The second kappa shape index (κ2) is 6.06. The van der Waals surface area contributed by atoms with E-state index in [0.717, 1.165) is 29.9 Å². The minimum Gasteiger partial charge on any atom is -0.326 e. The molecule has 1 fully saturated rings. The molecule has 0 bridgehead atoms. The summed E-state index contributed by atoms with van der Waals surface area (Å²) >= 11 is 1.80. The number of benzene rings is 1. The number of hydrogen-bond donors (Lipinski definition) is 2. The first-order chi connectivity index (χ1) is 8.62. The van der Waals surface area contributed by atoms with Crippen LogP contribution in [-0.4, -0.2) is 26.0 Å². The zero-order valence-electron chi connectivity index (χ0n) is 10.1. The summed E-state index contributed by atoms with van der Waals surface area (Å²) in [5.74, 6) is 1.99. The smallest absolute Gasteiger partial charge is 0.240 e. The largest absolute Gasteiger partial charge is 0.326 e. The van der Waals surface area contributed by atoms with Gasteiger partial charge in [-0.15, -0.1) is 0 Å². The molecule has 1 aromatic carbocycles. The Balaban J connectivity index is 2.08. The highest BCUT2D eigenvalue weighted by Gasteiger charge is 2.21. The van der Waals surface area contributed by atoms with Crippen molar-refractivity contribution in [3.8, 4) is 0 Å². The van der Waals surface area contributed by atoms with Crippen LogP contribution in [0.4, 0.5) is 0 Å². The summed E-state index contributed by atoms with van der Waals surface area (Å²) in [5.41, 5.74) is 6.42. The van der Waals surface area contributed by atoms with Crippen LogP contribution < -0.4 is 10.5 Å². The van der Waals surface area contributed by atoms with Crippen LogP contribution in [0.15, 0.2) is 29.2 Å². The third-order valence-corrected chi connectivity index (χ3v) is 5.70. The van der Waals surface area contributed by atoms with Gasteiger partial charge in [0, 0.05) is 18.3 Å². The SMILES string of the molecule is NCc1ccc(S(=O)(=O)NC2CCCSC2)cc1. The van der Waals surface area contributed by atoms with Crippen molar-refractivity contribution in [2.75, 3.05) is 11.5 Å². The van der Waals surface area contributed by atoms with Crippen molar-refractivity contribution in [3.05, 3.63) is 29.8 Å². The Morgan fingerprint density at radius 3 is 2.61 bits per heavy atom. The van der Waals surface area contributed by atoms with Gasteiger partial charge >= 0.3 is 0 Å². The Kier molecular flexibility index (Phi) is 4.66. The lowest BCUT2D eigenvalue weighted by atomic mass is 10.2. The van der Waals surface area contributed by atoms with Gasteiger partial charge in [0.2, 0.25) is 10.0 Å². The van der Waals surface area contributed by atoms with Crippen molar-refractivity contribution in [3.63, 3.8) is 0 Å². The summed E-state index contributed by atoms with van der Waals surface area (Å²) < 4.78 is 27.1. The predicted octanol–water partition coefficient (Wildman–Crippen LogP) is 1.32. The average molecular weight is 286 g/mol. The van der Waals surface area contributed by atoms with Crippen molar-refractivity contribution < 1.29 is 8.42 Å². The summed E-state index contributed by atoms with van der Waals surface area (Å²) in [5, 5.41) is 0. The molecule has 100 valence electrons. The van der Waals surface area contributed by atoms with E-state index in [1.54, 1.807) is 36.0 Å². The van der Waals surface area contributed by atoms with Gasteiger partial charge in [-0.2, -0.15) is 11.8 Å². The van der Waals surface area contributed by atoms with Crippen molar-refractivity contribution in [2.45, 2.75) is 30.3 Å². The van der Waals surface area contributed by atoms with Crippen LogP contribution in [0.1, 0.15) is 18.4 Å². The van der Waals surface area contributed by atoms with Gasteiger partial charge in [-0.05, 0) is 36.3 Å². The Morgan fingerprint density at radius 2 is 2.06 bits per heavy atom. The maximum absolute atomic E-state index is 12.1. The maximum atomic E-state index is 12.1. The normalized spacial score (nSPS) is 20.8. The van der Waals surface area contributed by atoms with Crippen LogP contribution in [0.2, 0.25) is 0 Å². The summed E-state index contributed by atoms with van der Waals surface area (Å²) in [4.78, 5) is 0.315. The van der Waals surface area contributed by atoms with Gasteiger partial charge in [0.15, 0.2) is 0 Å². The Morgan fingerprint density at radius 1 is 1.33 bits per heavy atom. The van der Waals surface area contributed by atoms with Crippen LogP contribution in [0, 0.1) is 0 Å². The van der Waals surface area contributed by atoms with E-state index in [4.69, 9.17) is 5.73 Å². The Bertz CT molecular complexity index is 479. The third-order valence-electron chi connectivity index (χ3n) is 2.95. The lowest BCUT2D eigenvalue weighted by Crippen LogP contribution is -2.38. The Hall–Kier alpha value is -0.560. The van der Waals surface area contributed by atoms with Gasteiger partial charge in [0.1, 0.15) is 0 Å². The van der Waals surface area contributed by atoms with Gasteiger partial charge in [0.05, 0.1) is 4.90 Å². The zero-order valence-corrected chi connectivity index (χ0v) is 11.8. The van der Waals surface area contributed by atoms with E-state index in [0.29, 0.717) is 11.4 Å². The molecule has 3 N–H and O–H groups in total. The van der Waals surface area contributed by atoms with Gasteiger partial charge < -0.3 is 5.73 Å². The molecule has 4 nitrogen and oxygen atoms in total. The third kappa shape index (κ3) is 3.47. The molecule has 1 aliphatic heterocycles. The second-order valence-electron chi connectivity index (χ2n) is 4.38. The Labute approximate surface area is 112 Å². The topological polar surface area (TPSA) is 72.2 Å². The summed E-state index contributed by atoms with van der Waals surface area (Å²) in [7, 11) is -3.39. The number of nitrogens with two attached hydrogens (primary N) is 1. The highest BCUT2D eigenvalue weighted by molar-refractivity contribution is 7.99. The molecule has 1 aromatic rings. The number of rotatable bonds is 4. The number of nitrogens with one attached hydrogen (secondary N) is 1. The van der Waals surface area contributed by atoms with E-state index in [9.17, 15) is 8.42 Å². The molecule has 1 aliphatic rings. The predicted molar refractivity (Wildman–Crippen MR) is 75.0 cm³/mol. The molecule has 0 amide bonds. The molecule has 1 saturated heterocycles. The van der Waals surface area contributed by atoms with Crippen molar-refractivity contribution in [1.82, 2.24) is 4.72 Å². The van der Waals surface area contributed by atoms with Gasteiger partial charge in [0.25, 0.3) is 0 Å². The first kappa shape index (κ1) is 13.9. The molecule has 6 heteroatoms. The van der Waals surface area contributed by atoms with E-state index in [-0.39, 0.29) is 6.04 Å². The lowest BCUT2D eigenvalue weighted by Gasteiger charge is -2.22. The van der Waals surface area contributed by atoms with Crippen molar-refractivity contribution in [1.29, 1.82) is 0 Å². The molecule has 18 heavy (non-hydrogen) atoms. The van der Waals surface area contributed by atoms with Crippen LogP contribution in [0.3, 0.4) is 0 Å². The minimum atomic E-state index is -3.39. The first-order valence-electron chi connectivity index (χ1n) is 6.01. The highest BCUT2D eigenvalue weighted by atomic mass is 32.2. The molecule has 1 atom stereocenters. The highest BCUT2D eigenvalue weighted by Crippen LogP contribution is 2.19.